The second-order valence-electron chi connectivity index (χ2n) is 9.36. The molecule has 33 heavy (non-hydrogen) atoms. The van der Waals surface area contributed by atoms with Crippen LogP contribution in [0.25, 0.3) is 0 Å². The lowest BCUT2D eigenvalue weighted by Crippen LogP contribution is -2.05. The first-order valence-corrected chi connectivity index (χ1v) is 14.4. The van der Waals surface area contributed by atoms with Gasteiger partial charge in [0.25, 0.3) is 0 Å². The van der Waals surface area contributed by atoms with E-state index in [1.165, 1.54) is 89.9 Å². The lowest BCUT2D eigenvalue weighted by atomic mass is 10.1. The monoisotopic (exact) mass is 460 g/mol. The van der Waals surface area contributed by atoms with E-state index in [-0.39, 0.29) is 5.97 Å². The first kappa shape index (κ1) is 31.7. The number of carbonyl (C=O) groups is 1. The van der Waals surface area contributed by atoms with Crippen LogP contribution in [-0.4, -0.2) is 12.6 Å². The Hall–Kier alpha value is -1.31. The highest BCUT2D eigenvalue weighted by Gasteiger charge is 2.02. The van der Waals surface area contributed by atoms with Crippen molar-refractivity contribution in [3.05, 3.63) is 36.5 Å². The molecule has 0 fully saturated rings. The van der Waals surface area contributed by atoms with Gasteiger partial charge in [-0.3, -0.25) is 4.79 Å². The molecule has 192 valence electrons. The van der Waals surface area contributed by atoms with E-state index in [9.17, 15) is 4.79 Å². The average molecular weight is 461 g/mol. The van der Waals surface area contributed by atoms with Gasteiger partial charge in [-0.05, 0) is 44.9 Å². The van der Waals surface area contributed by atoms with Crippen molar-refractivity contribution in [2.45, 2.75) is 149 Å². The topological polar surface area (TPSA) is 26.3 Å². The van der Waals surface area contributed by atoms with Crippen molar-refractivity contribution in [2.24, 2.45) is 0 Å². The zero-order valence-electron chi connectivity index (χ0n) is 22.3. The lowest BCUT2D eigenvalue weighted by Gasteiger charge is -2.05. The van der Waals surface area contributed by atoms with Crippen LogP contribution in [-0.2, 0) is 9.53 Å². The van der Waals surface area contributed by atoms with E-state index in [0.29, 0.717) is 13.0 Å². The average Bonchev–Trinajstić information content (AvgIpc) is 2.82. The quantitative estimate of drug-likeness (QED) is 0.0769. The van der Waals surface area contributed by atoms with Gasteiger partial charge in [0.05, 0.1) is 6.61 Å². The Kier molecular flexibility index (Phi) is 27.6. The molecule has 0 rings (SSSR count). The Morgan fingerprint density at radius 3 is 1.64 bits per heavy atom. The largest absolute Gasteiger partial charge is 0.466 e. The van der Waals surface area contributed by atoms with Gasteiger partial charge in [-0.15, -0.1) is 0 Å². The van der Waals surface area contributed by atoms with Gasteiger partial charge in [0.1, 0.15) is 0 Å². The maximum absolute atomic E-state index is 11.8. The predicted octanol–water partition coefficient (Wildman–Crippen LogP) is 10.4. The SMILES string of the molecule is CC/C=C\C/C=C\C/C=C\CCCCCCCC(=O)OCCCCCCCCCCCCC. The summed E-state index contributed by atoms with van der Waals surface area (Å²) in [5.41, 5.74) is 0. The summed E-state index contributed by atoms with van der Waals surface area (Å²) in [6, 6.07) is 0. The molecule has 0 aromatic heterocycles. The molecular weight excluding hydrogens is 404 g/mol. The number of carbonyl (C=O) groups excluding carboxylic acids is 1. The van der Waals surface area contributed by atoms with Crippen molar-refractivity contribution >= 4 is 5.97 Å². The van der Waals surface area contributed by atoms with Crippen LogP contribution in [0.15, 0.2) is 36.5 Å². The van der Waals surface area contributed by atoms with Crippen molar-refractivity contribution in [3.8, 4) is 0 Å². The van der Waals surface area contributed by atoms with Crippen LogP contribution in [0, 0.1) is 0 Å². The molecule has 0 bridgehead atoms. The Morgan fingerprint density at radius 2 is 1.03 bits per heavy atom. The van der Waals surface area contributed by atoms with Crippen LogP contribution < -0.4 is 0 Å². The molecule has 0 radical (unpaired) electrons. The third kappa shape index (κ3) is 28.7. The first-order chi connectivity index (χ1) is 16.3. The van der Waals surface area contributed by atoms with Crippen LogP contribution in [0.4, 0.5) is 0 Å². The van der Waals surface area contributed by atoms with Crippen molar-refractivity contribution in [1.29, 1.82) is 0 Å². The fraction of sp³-hybridized carbons (Fsp3) is 0.774. The first-order valence-electron chi connectivity index (χ1n) is 14.4. The van der Waals surface area contributed by atoms with E-state index in [1.807, 2.05) is 0 Å². The number of rotatable bonds is 25. The van der Waals surface area contributed by atoms with E-state index >= 15 is 0 Å². The summed E-state index contributed by atoms with van der Waals surface area (Å²) in [5.74, 6) is 0.00301. The Morgan fingerprint density at radius 1 is 0.545 bits per heavy atom. The van der Waals surface area contributed by atoms with Crippen molar-refractivity contribution in [2.75, 3.05) is 6.61 Å². The second-order valence-corrected chi connectivity index (χ2v) is 9.36. The highest BCUT2D eigenvalue weighted by molar-refractivity contribution is 5.69. The fourth-order valence-electron chi connectivity index (χ4n) is 3.91. The zero-order chi connectivity index (χ0) is 24.1. The van der Waals surface area contributed by atoms with Crippen molar-refractivity contribution in [1.82, 2.24) is 0 Å². The Labute approximate surface area is 207 Å². The van der Waals surface area contributed by atoms with Crippen LogP contribution >= 0.6 is 0 Å². The van der Waals surface area contributed by atoms with Gasteiger partial charge < -0.3 is 4.74 Å². The lowest BCUT2D eigenvalue weighted by molar-refractivity contribution is -0.143. The molecule has 0 aliphatic heterocycles. The summed E-state index contributed by atoms with van der Waals surface area (Å²) < 4.78 is 5.39. The molecule has 0 heterocycles. The normalized spacial score (nSPS) is 11.9. The molecule has 0 spiro atoms. The van der Waals surface area contributed by atoms with Gasteiger partial charge in [0.2, 0.25) is 0 Å². The van der Waals surface area contributed by atoms with E-state index in [4.69, 9.17) is 4.74 Å². The van der Waals surface area contributed by atoms with Crippen LogP contribution in [0.2, 0.25) is 0 Å². The van der Waals surface area contributed by atoms with Gasteiger partial charge in [-0.2, -0.15) is 0 Å². The summed E-state index contributed by atoms with van der Waals surface area (Å²) in [5, 5.41) is 0. The van der Waals surface area contributed by atoms with Crippen molar-refractivity contribution in [3.63, 3.8) is 0 Å². The third-order valence-corrected chi connectivity index (χ3v) is 6.04. The molecule has 0 aromatic rings. The van der Waals surface area contributed by atoms with E-state index in [2.05, 4.69) is 50.3 Å². The highest BCUT2D eigenvalue weighted by Crippen LogP contribution is 2.12. The highest BCUT2D eigenvalue weighted by atomic mass is 16.5. The molecule has 0 aliphatic rings. The molecule has 0 N–H and O–H groups in total. The minimum atomic E-state index is 0.00301. The van der Waals surface area contributed by atoms with Crippen molar-refractivity contribution < 1.29 is 9.53 Å². The number of esters is 1. The van der Waals surface area contributed by atoms with Gasteiger partial charge in [0, 0.05) is 6.42 Å². The van der Waals surface area contributed by atoms with E-state index < -0.39 is 0 Å². The third-order valence-electron chi connectivity index (χ3n) is 6.04. The van der Waals surface area contributed by atoms with Crippen LogP contribution in [0.5, 0.6) is 0 Å². The van der Waals surface area contributed by atoms with Crippen LogP contribution in [0.1, 0.15) is 149 Å². The fourth-order valence-corrected chi connectivity index (χ4v) is 3.91. The molecule has 0 amide bonds. The summed E-state index contributed by atoms with van der Waals surface area (Å²) in [6.45, 7) is 5.05. The van der Waals surface area contributed by atoms with E-state index in [1.54, 1.807) is 0 Å². The number of hydrogen-bond acceptors (Lipinski definition) is 2. The predicted molar refractivity (Wildman–Crippen MR) is 147 cm³/mol. The van der Waals surface area contributed by atoms with Crippen LogP contribution in [0.3, 0.4) is 0 Å². The van der Waals surface area contributed by atoms with Gasteiger partial charge in [-0.25, -0.2) is 0 Å². The smallest absolute Gasteiger partial charge is 0.305 e. The molecule has 0 saturated heterocycles. The summed E-state index contributed by atoms with van der Waals surface area (Å²) in [4.78, 5) is 11.8. The Balaban J connectivity index is 3.26. The molecule has 0 atom stereocenters. The molecular formula is C31H56O2. The zero-order valence-corrected chi connectivity index (χ0v) is 22.3. The minimum Gasteiger partial charge on any atom is -0.466 e. The minimum absolute atomic E-state index is 0.00301. The Bertz CT molecular complexity index is 475. The molecule has 2 nitrogen and oxygen atoms in total. The number of allylic oxidation sites excluding steroid dienone is 6. The standard InChI is InChI=1S/C31H56O2/c1-3-5-7-9-11-13-15-16-17-18-19-21-23-25-27-29-31(32)33-30-28-26-24-22-20-14-12-10-8-6-4-2/h5,7,11,13,16-17H,3-4,6,8-10,12,14-15,18-30H2,1-2H3/b7-5-,13-11-,17-16-. The number of hydrogen-bond donors (Lipinski definition) is 0. The molecule has 0 saturated carbocycles. The number of ether oxygens (including phenoxy) is 1. The second kappa shape index (κ2) is 28.7. The molecule has 0 aliphatic carbocycles. The van der Waals surface area contributed by atoms with Gasteiger partial charge >= 0.3 is 5.97 Å². The maximum Gasteiger partial charge on any atom is 0.305 e. The summed E-state index contributed by atoms with van der Waals surface area (Å²) in [7, 11) is 0. The molecule has 0 unspecified atom stereocenters. The summed E-state index contributed by atoms with van der Waals surface area (Å²) in [6.07, 6.45) is 38.9. The maximum atomic E-state index is 11.8. The van der Waals surface area contributed by atoms with E-state index in [0.717, 1.165) is 38.5 Å². The number of unbranched alkanes of at least 4 members (excludes halogenated alkanes) is 15. The molecule has 2 heteroatoms. The van der Waals surface area contributed by atoms with Gasteiger partial charge in [0.15, 0.2) is 0 Å². The molecule has 0 aromatic carbocycles. The van der Waals surface area contributed by atoms with Gasteiger partial charge in [-0.1, -0.05) is 134 Å². The summed E-state index contributed by atoms with van der Waals surface area (Å²) >= 11 is 0.